The van der Waals surface area contributed by atoms with Gasteiger partial charge >= 0.3 is 0 Å². The Morgan fingerprint density at radius 3 is 2.42 bits per heavy atom. The minimum absolute atomic E-state index is 0.0385. The van der Waals surface area contributed by atoms with E-state index in [4.69, 9.17) is 11.6 Å². The normalized spacial score (nSPS) is 11.8. The molecule has 1 unspecified atom stereocenters. The van der Waals surface area contributed by atoms with Crippen molar-refractivity contribution in [1.29, 1.82) is 0 Å². The van der Waals surface area contributed by atoms with Gasteiger partial charge in [0.05, 0.1) is 23.0 Å². The maximum atomic E-state index is 14.0. The van der Waals surface area contributed by atoms with E-state index in [-0.39, 0.29) is 22.1 Å². The number of nitrogens with one attached hydrogen (secondary N) is 1. The number of anilines is 2. The molecule has 1 aromatic heterocycles. The third kappa shape index (κ3) is 5.73. The Bertz CT molecular complexity index is 1420. The van der Waals surface area contributed by atoms with Gasteiger partial charge in [0.15, 0.2) is 5.82 Å². The van der Waals surface area contributed by atoms with Crippen molar-refractivity contribution in [3.8, 4) is 0 Å². The van der Waals surface area contributed by atoms with Crippen molar-refractivity contribution < 1.29 is 26.7 Å². The van der Waals surface area contributed by atoms with Crippen LogP contribution in [-0.4, -0.2) is 23.4 Å². The van der Waals surface area contributed by atoms with E-state index in [2.05, 4.69) is 14.1 Å². The Balaban J connectivity index is 1.68. The van der Waals surface area contributed by atoms with Crippen LogP contribution in [0.3, 0.4) is 0 Å². The Morgan fingerprint density at radius 2 is 1.75 bits per heavy atom. The third-order valence-electron chi connectivity index (χ3n) is 5.05. The zero-order valence-electron chi connectivity index (χ0n) is 18.1. The van der Waals surface area contributed by atoms with E-state index in [9.17, 15) is 26.7 Å². The average Bonchev–Trinajstić information content (AvgIpc) is 3.26. The zero-order chi connectivity index (χ0) is 25.8. The average molecular weight is 553 g/mol. The number of aromatic nitrogens is 2. The van der Waals surface area contributed by atoms with E-state index in [1.165, 1.54) is 18.2 Å². The highest BCUT2D eigenvalue weighted by molar-refractivity contribution is 7.81. The SMILES string of the molecule is O=C(NCc1c(F)cc(F)cc1F)c1ccc(Cl)cc1N(c1nsnc1Cc1ccccc1)S(=O)O. The standard InChI is InChI=1S/C23H16ClF3N4O3S2/c24-14-6-7-16(23(32)28-12-17-18(26)10-15(25)11-19(17)27)21(9-14)31(36(33)34)22-20(29-35-30-22)8-13-4-2-1-3-5-13/h1-7,9-11H,8,12H2,(H,28,32)(H,33,34). The summed E-state index contributed by atoms with van der Waals surface area (Å²) in [4.78, 5) is 13.0. The van der Waals surface area contributed by atoms with Gasteiger partial charge in [-0.3, -0.25) is 9.35 Å². The fourth-order valence-corrected chi connectivity index (χ4v) is 4.78. The lowest BCUT2D eigenvalue weighted by Crippen LogP contribution is -2.28. The zero-order valence-corrected chi connectivity index (χ0v) is 20.5. The second-order valence-electron chi connectivity index (χ2n) is 7.41. The first-order chi connectivity index (χ1) is 17.2. The molecule has 1 heterocycles. The van der Waals surface area contributed by atoms with Crippen molar-refractivity contribution in [2.24, 2.45) is 0 Å². The smallest absolute Gasteiger partial charge is 0.268 e. The number of carbonyl (C=O) groups excluding carboxylic acids is 1. The van der Waals surface area contributed by atoms with Gasteiger partial charge in [-0.15, -0.1) is 0 Å². The fourth-order valence-electron chi connectivity index (χ4n) is 3.40. The molecule has 0 aliphatic carbocycles. The number of hydrogen-bond acceptors (Lipinski definition) is 5. The van der Waals surface area contributed by atoms with Crippen LogP contribution < -0.4 is 9.62 Å². The topological polar surface area (TPSA) is 95.4 Å². The van der Waals surface area contributed by atoms with E-state index < -0.39 is 46.7 Å². The summed E-state index contributed by atoms with van der Waals surface area (Å²) in [5, 5.41) is 2.50. The van der Waals surface area contributed by atoms with Crippen LogP contribution in [0, 0.1) is 17.5 Å². The molecule has 1 amide bonds. The fraction of sp³-hybridized carbons (Fsp3) is 0.0870. The lowest BCUT2D eigenvalue weighted by atomic mass is 10.1. The summed E-state index contributed by atoms with van der Waals surface area (Å²) in [6.07, 6.45) is 0.297. The van der Waals surface area contributed by atoms with Crippen LogP contribution in [-0.2, 0) is 24.2 Å². The Morgan fingerprint density at radius 1 is 1.06 bits per heavy atom. The number of halogens is 4. The van der Waals surface area contributed by atoms with Crippen molar-refractivity contribution in [1.82, 2.24) is 14.1 Å². The summed E-state index contributed by atoms with van der Waals surface area (Å²) in [5.41, 5.74) is 0.515. The first-order valence-electron chi connectivity index (χ1n) is 10.2. The van der Waals surface area contributed by atoms with E-state index >= 15 is 0 Å². The second-order valence-corrected chi connectivity index (χ2v) is 9.21. The highest BCUT2D eigenvalue weighted by Gasteiger charge is 2.27. The number of rotatable bonds is 8. The Kier molecular flexibility index (Phi) is 7.99. The molecule has 36 heavy (non-hydrogen) atoms. The van der Waals surface area contributed by atoms with Crippen LogP contribution >= 0.6 is 23.3 Å². The van der Waals surface area contributed by atoms with Gasteiger partial charge in [-0.25, -0.2) is 21.7 Å². The Hall–Kier alpha value is -3.32. The maximum absolute atomic E-state index is 14.0. The van der Waals surface area contributed by atoms with Crippen LogP contribution in [0.25, 0.3) is 0 Å². The number of nitrogens with zero attached hydrogens (tertiary/aromatic N) is 3. The van der Waals surface area contributed by atoms with Gasteiger partial charge in [0.25, 0.3) is 17.2 Å². The van der Waals surface area contributed by atoms with E-state index in [0.29, 0.717) is 24.2 Å². The van der Waals surface area contributed by atoms with Crippen LogP contribution in [0.4, 0.5) is 24.7 Å². The van der Waals surface area contributed by atoms with Crippen molar-refractivity contribution in [2.75, 3.05) is 4.31 Å². The molecular weight excluding hydrogens is 537 g/mol. The van der Waals surface area contributed by atoms with Crippen LogP contribution in [0.5, 0.6) is 0 Å². The molecule has 7 nitrogen and oxygen atoms in total. The summed E-state index contributed by atoms with van der Waals surface area (Å²) in [6.45, 7) is -0.599. The van der Waals surface area contributed by atoms with Gasteiger partial charge in [0, 0.05) is 35.7 Å². The number of hydrogen-bond donors (Lipinski definition) is 2. The Labute approximate surface area is 215 Å². The number of amides is 1. The summed E-state index contributed by atoms with van der Waals surface area (Å²) >= 11 is 4.25. The molecule has 4 aromatic rings. The van der Waals surface area contributed by atoms with Gasteiger partial charge < -0.3 is 5.32 Å². The van der Waals surface area contributed by atoms with E-state index in [0.717, 1.165) is 21.6 Å². The van der Waals surface area contributed by atoms with Gasteiger partial charge in [-0.2, -0.15) is 8.75 Å². The lowest BCUT2D eigenvalue weighted by Gasteiger charge is -2.21. The highest BCUT2D eigenvalue weighted by Crippen LogP contribution is 2.34. The minimum atomic E-state index is -2.70. The molecule has 3 aromatic carbocycles. The molecule has 4 rings (SSSR count). The van der Waals surface area contributed by atoms with Crippen molar-refractivity contribution in [3.05, 3.63) is 106 Å². The summed E-state index contributed by atoms with van der Waals surface area (Å²) in [6, 6.07) is 14.2. The van der Waals surface area contributed by atoms with Gasteiger partial charge in [-0.1, -0.05) is 41.9 Å². The lowest BCUT2D eigenvalue weighted by molar-refractivity contribution is 0.0951. The molecule has 0 aliphatic heterocycles. The van der Waals surface area contributed by atoms with Crippen LogP contribution in [0.15, 0.2) is 60.7 Å². The largest absolute Gasteiger partial charge is 0.348 e. The summed E-state index contributed by atoms with van der Waals surface area (Å²) in [5.74, 6) is -4.21. The quantitative estimate of drug-likeness (QED) is 0.285. The molecule has 0 aliphatic rings. The number of benzene rings is 3. The van der Waals surface area contributed by atoms with E-state index in [1.54, 1.807) is 0 Å². The molecular formula is C23H16ClF3N4O3S2. The molecule has 186 valence electrons. The maximum Gasteiger partial charge on any atom is 0.268 e. The molecule has 13 heteroatoms. The summed E-state index contributed by atoms with van der Waals surface area (Å²) < 4.78 is 73.1. The first-order valence-corrected chi connectivity index (χ1v) is 12.4. The van der Waals surface area contributed by atoms with Crippen molar-refractivity contribution in [2.45, 2.75) is 13.0 Å². The molecule has 0 spiro atoms. The summed E-state index contributed by atoms with van der Waals surface area (Å²) in [7, 11) is 0. The highest BCUT2D eigenvalue weighted by atomic mass is 35.5. The van der Waals surface area contributed by atoms with Crippen molar-refractivity contribution in [3.63, 3.8) is 0 Å². The van der Waals surface area contributed by atoms with Gasteiger partial charge in [0.2, 0.25) is 0 Å². The van der Waals surface area contributed by atoms with Crippen molar-refractivity contribution >= 4 is 52.0 Å². The predicted molar refractivity (Wildman–Crippen MR) is 131 cm³/mol. The molecule has 2 N–H and O–H groups in total. The van der Waals surface area contributed by atoms with Crippen LogP contribution in [0.2, 0.25) is 5.02 Å². The minimum Gasteiger partial charge on any atom is -0.348 e. The van der Waals surface area contributed by atoms with E-state index in [1.807, 2.05) is 30.3 Å². The van der Waals surface area contributed by atoms with Gasteiger partial charge in [-0.05, 0) is 23.8 Å². The van der Waals surface area contributed by atoms with Gasteiger partial charge in [0.1, 0.15) is 23.1 Å². The van der Waals surface area contributed by atoms with Crippen LogP contribution in [0.1, 0.15) is 27.2 Å². The molecule has 0 saturated carbocycles. The molecule has 0 radical (unpaired) electrons. The third-order valence-corrected chi connectivity index (χ3v) is 6.53. The molecule has 0 bridgehead atoms. The second kappa shape index (κ2) is 11.2. The molecule has 0 saturated heterocycles. The number of carbonyl (C=O) groups is 1. The molecule has 0 fully saturated rings. The monoisotopic (exact) mass is 552 g/mol. The first kappa shape index (κ1) is 25.8. The molecule has 1 atom stereocenters. The predicted octanol–water partition coefficient (Wildman–Crippen LogP) is 5.40.